The molecule has 0 radical (unpaired) electrons. The van der Waals surface area contributed by atoms with Gasteiger partial charge in [0, 0.05) is 28.9 Å². The number of H-pyrrole nitrogens is 1. The van der Waals surface area contributed by atoms with E-state index in [4.69, 9.17) is 4.74 Å². The molecular formula is C23H18N2O2. The fourth-order valence-corrected chi connectivity index (χ4v) is 2.89. The lowest BCUT2D eigenvalue weighted by atomic mass is 10.1. The third-order valence-electron chi connectivity index (χ3n) is 4.21. The first kappa shape index (κ1) is 16.8. The minimum Gasteiger partial charge on any atom is -0.457 e. The summed E-state index contributed by atoms with van der Waals surface area (Å²) < 4.78 is 5.93. The lowest BCUT2D eigenvalue weighted by Gasteiger charge is -2.08. The Balaban J connectivity index is 1.68. The van der Waals surface area contributed by atoms with Gasteiger partial charge < -0.3 is 9.72 Å². The molecule has 132 valence electrons. The summed E-state index contributed by atoms with van der Waals surface area (Å²) in [5, 5.41) is 0.972. The first-order chi connectivity index (χ1) is 13.2. The largest absolute Gasteiger partial charge is 0.457 e. The number of aromatic amines is 1. The van der Waals surface area contributed by atoms with E-state index in [2.05, 4.69) is 16.0 Å². The lowest BCUT2D eigenvalue weighted by molar-refractivity contribution is -0.112. The highest BCUT2D eigenvalue weighted by Crippen LogP contribution is 2.29. The number of fused-ring (bicyclic) bond motifs is 1. The molecule has 27 heavy (non-hydrogen) atoms. The number of hydrogen-bond donors (Lipinski definition) is 1. The molecule has 0 aliphatic rings. The normalized spacial score (nSPS) is 11.1. The molecule has 4 nitrogen and oxygen atoms in total. The predicted molar refractivity (Wildman–Crippen MR) is 108 cm³/mol. The number of allylic oxidation sites excluding steroid dienone is 1. The maximum absolute atomic E-state index is 11.2. The number of aromatic nitrogens is 2. The molecule has 2 aromatic carbocycles. The van der Waals surface area contributed by atoms with Crippen molar-refractivity contribution in [3.8, 4) is 22.6 Å². The van der Waals surface area contributed by atoms with Crippen molar-refractivity contribution in [3.05, 3.63) is 84.7 Å². The number of pyridine rings is 1. The molecule has 0 aliphatic carbocycles. The van der Waals surface area contributed by atoms with Gasteiger partial charge in [0.05, 0.1) is 0 Å². The Kier molecular flexibility index (Phi) is 4.54. The van der Waals surface area contributed by atoms with Gasteiger partial charge in [-0.3, -0.25) is 4.79 Å². The highest BCUT2D eigenvalue weighted by atomic mass is 16.5. The van der Waals surface area contributed by atoms with Gasteiger partial charge in [-0.25, -0.2) is 4.98 Å². The van der Waals surface area contributed by atoms with Crippen molar-refractivity contribution in [3.63, 3.8) is 0 Å². The maximum Gasteiger partial charge on any atom is 0.152 e. The first-order valence-corrected chi connectivity index (χ1v) is 8.68. The number of nitrogens with zero attached hydrogens (tertiary/aromatic N) is 1. The van der Waals surface area contributed by atoms with Gasteiger partial charge >= 0.3 is 0 Å². The van der Waals surface area contributed by atoms with Crippen LogP contribution in [0.5, 0.6) is 11.5 Å². The number of hydrogen-bond acceptors (Lipinski definition) is 3. The monoisotopic (exact) mass is 354 g/mol. The quantitative estimate of drug-likeness (QED) is 0.473. The SMILES string of the molecule is CC(=O)/C=C/c1c[nH]c2ncc(-c3cccc(Oc4ccccc4)c3)cc12. The van der Waals surface area contributed by atoms with Crippen LogP contribution >= 0.6 is 0 Å². The summed E-state index contributed by atoms with van der Waals surface area (Å²) in [6.45, 7) is 1.53. The van der Waals surface area contributed by atoms with E-state index < -0.39 is 0 Å². The van der Waals surface area contributed by atoms with Gasteiger partial charge in [0.2, 0.25) is 0 Å². The van der Waals surface area contributed by atoms with E-state index in [9.17, 15) is 4.79 Å². The fraction of sp³-hybridized carbons (Fsp3) is 0.0435. The van der Waals surface area contributed by atoms with Gasteiger partial charge in [0.1, 0.15) is 17.1 Å². The number of rotatable bonds is 5. The number of para-hydroxylation sites is 1. The summed E-state index contributed by atoms with van der Waals surface area (Å²) in [6, 6.07) is 19.7. The Hall–Kier alpha value is -3.66. The third kappa shape index (κ3) is 3.80. The molecular weight excluding hydrogens is 336 g/mol. The number of carbonyl (C=O) groups excluding carboxylic acids is 1. The Morgan fingerprint density at radius 2 is 1.81 bits per heavy atom. The van der Waals surface area contributed by atoms with Crippen LogP contribution in [-0.2, 0) is 4.79 Å². The van der Waals surface area contributed by atoms with Crippen molar-refractivity contribution in [1.29, 1.82) is 0 Å². The van der Waals surface area contributed by atoms with Crippen molar-refractivity contribution in [2.75, 3.05) is 0 Å². The van der Waals surface area contributed by atoms with E-state index in [1.165, 1.54) is 6.92 Å². The molecule has 4 heteroatoms. The smallest absolute Gasteiger partial charge is 0.152 e. The van der Waals surface area contributed by atoms with Gasteiger partial charge in [-0.15, -0.1) is 0 Å². The van der Waals surface area contributed by atoms with Gasteiger partial charge in [0.25, 0.3) is 0 Å². The molecule has 0 amide bonds. The van der Waals surface area contributed by atoms with E-state index >= 15 is 0 Å². The van der Waals surface area contributed by atoms with E-state index in [1.807, 2.05) is 73.1 Å². The summed E-state index contributed by atoms with van der Waals surface area (Å²) in [4.78, 5) is 18.9. The lowest BCUT2D eigenvalue weighted by Crippen LogP contribution is -1.86. The second kappa shape index (κ2) is 7.30. The van der Waals surface area contributed by atoms with E-state index in [0.29, 0.717) is 0 Å². The number of benzene rings is 2. The van der Waals surface area contributed by atoms with Crippen LogP contribution in [0.25, 0.3) is 28.2 Å². The number of ketones is 1. The van der Waals surface area contributed by atoms with Crippen LogP contribution in [0.1, 0.15) is 12.5 Å². The standard InChI is InChI=1S/C23H18N2O2/c1-16(26)10-11-18-14-24-23-22(18)13-19(15-25-23)17-6-5-9-21(12-17)27-20-7-3-2-4-8-20/h2-15H,1H3,(H,24,25)/b11-10+. The van der Waals surface area contributed by atoms with E-state index in [0.717, 1.165) is 39.2 Å². The van der Waals surface area contributed by atoms with E-state index in [1.54, 1.807) is 6.08 Å². The molecule has 2 aromatic heterocycles. The predicted octanol–water partition coefficient (Wildman–Crippen LogP) is 5.62. The molecule has 0 saturated heterocycles. The van der Waals surface area contributed by atoms with Crippen LogP contribution in [0, 0.1) is 0 Å². The van der Waals surface area contributed by atoms with Crippen LogP contribution in [0.4, 0.5) is 0 Å². The number of nitrogens with one attached hydrogen (secondary N) is 1. The van der Waals surface area contributed by atoms with Crippen molar-refractivity contribution in [2.24, 2.45) is 0 Å². The zero-order valence-corrected chi connectivity index (χ0v) is 14.8. The van der Waals surface area contributed by atoms with Gasteiger partial charge in [-0.1, -0.05) is 30.3 Å². The Labute approximate surface area is 157 Å². The van der Waals surface area contributed by atoms with Crippen molar-refractivity contribution >= 4 is 22.9 Å². The summed E-state index contributed by atoms with van der Waals surface area (Å²) in [5.74, 6) is 1.58. The van der Waals surface area contributed by atoms with Gasteiger partial charge in [-0.2, -0.15) is 0 Å². The average molecular weight is 354 g/mol. The molecule has 0 saturated carbocycles. The van der Waals surface area contributed by atoms with Crippen molar-refractivity contribution < 1.29 is 9.53 Å². The number of carbonyl (C=O) groups is 1. The molecule has 0 atom stereocenters. The van der Waals surface area contributed by atoms with Crippen LogP contribution in [-0.4, -0.2) is 15.8 Å². The summed E-state index contributed by atoms with van der Waals surface area (Å²) >= 11 is 0. The second-order valence-electron chi connectivity index (χ2n) is 6.25. The van der Waals surface area contributed by atoms with E-state index in [-0.39, 0.29) is 5.78 Å². The fourth-order valence-electron chi connectivity index (χ4n) is 2.89. The van der Waals surface area contributed by atoms with Crippen molar-refractivity contribution in [1.82, 2.24) is 9.97 Å². The van der Waals surface area contributed by atoms with Crippen LogP contribution in [0.15, 0.2) is 79.1 Å². The van der Waals surface area contributed by atoms with Crippen LogP contribution in [0.2, 0.25) is 0 Å². The molecule has 4 aromatic rings. The first-order valence-electron chi connectivity index (χ1n) is 8.68. The molecule has 2 heterocycles. The second-order valence-corrected chi connectivity index (χ2v) is 6.25. The Bertz CT molecular complexity index is 1130. The minimum atomic E-state index is 0.0132. The van der Waals surface area contributed by atoms with Crippen molar-refractivity contribution in [2.45, 2.75) is 6.92 Å². The molecule has 0 unspecified atom stereocenters. The molecule has 0 spiro atoms. The van der Waals surface area contributed by atoms with Gasteiger partial charge in [-0.05, 0) is 55.0 Å². The highest BCUT2D eigenvalue weighted by Gasteiger charge is 2.07. The summed E-state index contributed by atoms with van der Waals surface area (Å²) in [6.07, 6.45) is 7.06. The minimum absolute atomic E-state index is 0.0132. The van der Waals surface area contributed by atoms with Crippen LogP contribution < -0.4 is 4.74 Å². The molecule has 1 N–H and O–H groups in total. The zero-order chi connectivity index (χ0) is 18.6. The Morgan fingerprint density at radius 3 is 2.63 bits per heavy atom. The zero-order valence-electron chi connectivity index (χ0n) is 14.8. The topological polar surface area (TPSA) is 55.0 Å². The van der Waals surface area contributed by atoms with Gasteiger partial charge in [0.15, 0.2) is 5.78 Å². The highest BCUT2D eigenvalue weighted by molar-refractivity contribution is 5.96. The Morgan fingerprint density at radius 1 is 1.00 bits per heavy atom. The maximum atomic E-state index is 11.2. The average Bonchev–Trinajstić information content (AvgIpc) is 3.09. The summed E-state index contributed by atoms with van der Waals surface area (Å²) in [5.41, 5.74) is 3.73. The molecule has 4 rings (SSSR count). The number of ether oxygens (including phenoxy) is 1. The van der Waals surface area contributed by atoms with Crippen LogP contribution in [0.3, 0.4) is 0 Å². The molecule has 0 fully saturated rings. The molecule has 0 aliphatic heterocycles. The molecule has 0 bridgehead atoms. The summed E-state index contributed by atoms with van der Waals surface area (Å²) in [7, 11) is 0. The third-order valence-corrected chi connectivity index (χ3v) is 4.21.